The Hall–Kier alpha value is -0.600. The van der Waals surface area contributed by atoms with Gasteiger partial charge in [-0.3, -0.25) is 0 Å². The molecule has 0 amide bonds. The Balaban J connectivity index is 3.05. The summed E-state index contributed by atoms with van der Waals surface area (Å²) in [5, 5.41) is 0.530. The summed E-state index contributed by atoms with van der Waals surface area (Å²) in [7, 11) is 0. The molecular weight excluding hydrogens is 189 g/mol. The summed E-state index contributed by atoms with van der Waals surface area (Å²) < 4.78 is 12.9. The van der Waals surface area contributed by atoms with E-state index in [1.807, 2.05) is 13.8 Å². The normalized spacial score (nSPS) is 13.4. The van der Waals surface area contributed by atoms with Crippen molar-refractivity contribution in [2.45, 2.75) is 19.9 Å². The van der Waals surface area contributed by atoms with Crippen LogP contribution in [-0.4, -0.2) is 0 Å². The van der Waals surface area contributed by atoms with Crippen molar-refractivity contribution >= 4 is 11.6 Å². The van der Waals surface area contributed by atoms with Gasteiger partial charge in [0.15, 0.2) is 0 Å². The van der Waals surface area contributed by atoms with Crippen molar-refractivity contribution in [3.05, 3.63) is 34.6 Å². The van der Waals surface area contributed by atoms with Crippen molar-refractivity contribution in [1.29, 1.82) is 0 Å². The van der Waals surface area contributed by atoms with Gasteiger partial charge in [0.1, 0.15) is 5.82 Å². The molecular formula is C10H13ClFN. The minimum atomic E-state index is -0.296. The average Bonchev–Trinajstić information content (AvgIpc) is 2.08. The molecule has 1 aromatic carbocycles. The third-order valence-corrected chi connectivity index (χ3v) is 2.38. The highest BCUT2D eigenvalue weighted by molar-refractivity contribution is 6.31. The second-order valence-electron chi connectivity index (χ2n) is 3.44. The molecule has 72 valence electrons. The molecule has 0 saturated carbocycles. The first-order valence-corrected chi connectivity index (χ1v) is 4.60. The van der Waals surface area contributed by atoms with E-state index in [1.165, 1.54) is 18.2 Å². The van der Waals surface area contributed by atoms with Crippen molar-refractivity contribution in [1.82, 2.24) is 0 Å². The van der Waals surface area contributed by atoms with Crippen LogP contribution < -0.4 is 5.73 Å². The van der Waals surface area contributed by atoms with Crippen LogP contribution in [0.25, 0.3) is 0 Å². The molecule has 0 aliphatic rings. The van der Waals surface area contributed by atoms with Crippen LogP contribution in [0.4, 0.5) is 4.39 Å². The Bertz CT molecular complexity index is 299. The molecule has 0 fully saturated rings. The Labute approximate surface area is 82.7 Å². The van der Waals surface area contributed by atoms with Gasteiger partial charge in [0, 0.05) is 11.1 Å². The molecule has 1 aromatic rings. The van der Waals surface area contributed by atoms with Crippen LogP contribution in [0.5, 0.6) is 0 Å². The first kappa shape index (κ1) is 10.5. The van der Waals surface area contributed by atoms with Gasteiger partial charge in [0.2, 0.25) is 0 Å². The van der Waals surface area contributed by atoms with E-state index in [1.54, 1.807) is 0 Å². The van der Waals surface area contributed by atoms with Crippen LogP contribution in [-0.2, 0) is 0 Å². The topological polar surface area (TPSA) is 26.0 Å². The van der Waals surface area contributed by atoms with E-state index in [9.17, 15) is 4.39 Å². The van der Waals surface area contributed by atoms with Crippen molar-refractivity contribution in [3.8, 4) is 0 Å². The first-order valence-electron chi connectivity index (χ1n) is 4.23. The van der Waals surface area contributed by atoms with E-state index < -0.39 is 0 Å². The third-order valence-electron chi connectivity index (χ3n) is 2.04. The summed E-state index contributed by atoms with van der Waals surface area (Å²) in [6, 6.07) is 4.06. The molecule has 2 N–H and O–H groups in total. The van der Waals surface area contributed by atoms with Crippen molar-refractivity contribution in [2.75, 3.05) is 0 Å². The van der Waals surface area contributed by atoms with E-state index >= 15 is 0 Å². The van der Waals surface area contributed by atoms with Crippen molar-refractivity contribution < 1.29 is 4.39 Å². The first-order chi connectivity index (χ1) is 6.02. The van der Waals surface area contributed by atoms with E-state index in [0.29, 0.717) is 10.6 Å². The van der Waals surface area contributed by atoms with Gasteiger partial charge in [-0.05, 0) is 29.7 Å². The lowest BCUT2D eigenvalue weighted by atomic mass is 9.97. The van der Waals surface area contributed by atoms with Gasteiger partial charge >= 0.3 is 0 Å². The molecule has 13 heavy (non-hydrogen) atoms. The monoisotopic (exact) mass is 201 g/mol. The molecule has 0 unspecified atom stereocenters. The highest BCUT2D eigenvalue weighted by Crippen LogP contribution is 2.26. The van der Waals surface area contributed by atoms with Gasteiger partial charge in [-0.1, -0.05) is 25.4 Å². The summed E-state index contributed by atoms with van der Waals surface area (Å²) in [5.74, 6) is -0.0465. The second kappa shape index (κ2) is 4.07. The number of nitrogens with two attached hydrogens (primary N) is 1. The number of hydrogen-bond acceptors (Lipinski definition) is 1. The molecule has 0 aliphatic heterocycles. The Kier molecular flexibility index (Phi) is 3.28. The summed E-state index contributed by atoms with van der Waals surface area (Å²) >= 11 is 5.89. The van der Waals surface area contributed by atoms with Crippen LogP contribution in [0, 0.1) is 11.7 Å². The fourth-order valence-corrected chi connectivity index (χ4v) is 1.37. The largest absolute Gasteiger partial charge is 0.324 e. The van der Waals surface area contributed by atoms with Gasteiger partial charge in [-0.15, -0.1) is 0 Å². The maximum atomic E-state index is 12.9. The highest BCUT2D eigenvalue weighted by atomic mass is 35.5. The quantitative estimate of drug-likeness (QED) is 0.782. The van der Waals surface area contributed by atoms with E-state index in [2.05, 4.69) is 0 Å². The van der Waals surface area contributed by atoms with Gasteiger partial charge < -0.3 is 5.73 Å². The SMILES string of the molecule is CC(C)[C@@H](N)c1cc(F)ccc1Cl. The Morgan fingerprint density at radius 2 is 2.00 bits per heavy atom. The minimum absolute atomic E-state index is 0.205. The molecule has 0 aromatic heterocycles. The van der Waals surface area contributed by atoms with Crippen LogP contribution in [0.2, 0.25) is 5.02 Å². The number of halogens is 2. The van der Waals surface area contributed by atoms with Crippen LogP contribution in [0.1, 0.15) is 25.5 Å². The molecule has 0 spiro atoms. The zero-order valence-electron chi connectivity index (χ0n) is 7.72. The molecule has 0 aliphatic carbocycles. The van der Waals surface area contributed by atoms with Crippen molar-refractivity contribution in [3.63, 3.8) is 0 Å². The molecule has 0 bridgehead atoms. The molecule has 0 heterocycles. The lowest BCUT2D eigenvalue weighted by Crippen LogP contribution is -2.17. The van der Waals surface area contributed by atoms with Crippen LogP contribution in [0.15, 0.2) is 18.2 Å². The van der Waals surface area contributed by atoms with Crippen LogP contribution >= 0.6 is 11.6 Å². The smallest absolute Gasteiger partial charge is 0.123 e. The molecule has 1 rings (SSSR count). The van der Waals surface area contributed by atoms with E-state index in [4.69, 9.17) is 17.3 Å². The molecule has 0 saturated heterocycles. The second-order valence-corrected chi connectivity index (χ2v) is 3.84. The summed E-state index contributed by atoms with van der Waals surface area (Å²) in [6.07, 6.45) is 0. The number of rotatable bonds is 2. The zero-order chi connectivity index (χ0) is 10.0. The summed E-state index contributed by atoms with van der Waals surface area (Å²) in [4.78, 5) is 0. The van der Waals surface area contributed by atoms with Crippen molar-refractivity contribution in [2.24, 2.45) is 11.7 Å². The Morgan fingerprint density at radius 1 is 1.38 bits per heavy atom. The molecule has 1 atom stereocenters. The third kappa shape index (κ3) is 2.42. The van der Waals surface area contributed by atoms with Gasteiger partial charge in [0.05, 0.1) is 0 Å². The van der Waals surface area contributed by atoms with Crippen LogP contribution in [0.3, 0.4) is 0 Å². The maximum absolute atomic E-state index is 12.9. The number of hydrogen-bond donors (Lipinski definition) is 1. The average molecular weight is 202 g/mol. The zero-order valence-corrected chi connectivity index (χ0v) is 8.48. The lowest BCUT2D eigenvalue weighted by molar-refractivity contribution is 0.510. The predicted molar refractivity (Wildman–Crippen MR) is 53.2 cm³/mol. The van der Waals surface area contributed by atoms with Gasteiger partial charge in [-0.25, -0.2) is 4.39 Å². The number of benzene rings is 1. The summed E-state index contributed by atoms with van der Waals surface area (Å²) in [6.45, 7) is 3.96. The standard InChI is InChI=1S/C10H13ClFN/c1-6(2)10(13)8-5-7(12)3-4-9(8)11/h3-6,10H,13H2,1-2H3/t10-/m1/s1. The fourth-order valence-electron chi connectivity index (χ4n) is 1.13. The van der Waals surface area contributed by atoms with Gasteiger partial charge in [-0.2, -0.15) is 0 Å². The summed E-state index contributed by atoms with van der Waals surface area (Å²) in [5.41, 5.74) is 6.53. The molecule has 1 nitrogen and oxygen atoms in total. The highest BCUT2D eigenvalue weighted by Gasteiger charge is 2.14. The molecule has 3 heteroatoms. The Morgan fingerprint density at radius 3 is 2.54 bits per heavy atom. The molecule has 0 radical (unpaired) electrons. The minimum Gasteiger partial charge on any atom is -0.324 e. The maximum Gasteiger partial charge on any atom is 0.123 e. The fraction of sp³-hybridized carbons (Fsp3) is 0.400. The van der Waals surface area contributed by atoms with E-state index in [-0.39, 0.29) is 17.8 Å². The van der Waals surface area contributed by atoms with E-state index in [0.717, 1.165) is 0 Å². The van der Waals surface area contributed by atoms with Gasteiger partial charge in [0.25, 0.3) is 0 Å². The lowest BCUT2D eigenvalue weighted by Gasteiger charge is -2.17. The predicted octanol–water partition coefficient (Wildman–Crippen LogP) is 3.13.